The Bertz CT molecular complexity index is 527. The second-order valence-corrected chi connectivity index (χ2v) is 4.17. The van der Waals surface area contributed by atoms with Crippen molar-refractivity contribution in [1.82, 2.24) is 15.1 Å². The van der Waals surface area contributed by atoms with E-state index in [1.807, 2.05) is 31.0 Å². The monoisotopic (exact) mass is 262 g/mol. The highest BCUT2D eigenvalue weighted by molar-refractivity contribution is 5.58. The van der Waals surface area contributed by atoms with Crippen molar-refractivity contribution in [2.24, 2.45) is 0 Å². The zero-order chi connectivity index (χ0) is 13.7. The summed E-state index contributed by atoms with van der Waals surface area (Å²) in [4.78, 5) is 10.6. The molecule has 0 saturated carbocycles. The molecule has 0 atom stereocenters. The summed E-state index contributed by atoms with van der Waals surface area (Å²) in [6.45, 7) is 5.97. The first-order valence-electron chi connectivity index (χ1n) is 6.26. The summed E-state index contributed by atoms with van der Waals surface area (Å²) in [7, 11) is 1.98. The molecule has 102 valence electrons. The first kappa shape index (κ1) is 13.5. The average Bonchev–Trinajstić information content (AvgIpc) is 2.86. The summed E-state index contributed by atoms with van der Waals surface area (Å²) in [5, 5.41) is 3.79. The number of likely N-dealkylation sites (N-methyl/N-ethyl adjacent to an activating group) is 1. The maximum atomic E-state index is 5.33. The molecule has 19 heavy (non-hydrogen) atoms. The molecule has 0 N–H and O–H groups in total. The molecule has 0 bridgehead atoms. The Morgan fingerprint density at radius 2 is 2.26 bits per heavy atom. The average molecular weight is 262 g/mol. The summed E-state index contributed by atoms with van der Waals surface area (Å²) in [6, 6.07) is 3.78. The molecule has 0 saturated heterocycles. The van der Waals surface area contributed by atoms with E-state index in [1.54, 1.807) is 13.1 Å². The molecule has 2 aromatic rings. The Hall–Kier alpha value is -1.95. The molecule has 0 fully saturated rings. The standard InChI is InChI=1S/C13H18N4O2/c1-4-18-8-7-17(3)12-9-11(5-6-14-12)13-15-10(2)16-19-13/h5-6,9H,4,7-8H2,1-3H3. The van der Waals surface area contributed by atoms with E-state index in [1.165, 1.54) is 0 Å². The lowest BCUT2D eigenvalue weighted by Gasteiger charge is -2.18. The zero-order valence-corrected chi connectivity index (χ0v) is 11.5. The van der Waals surface area contributed by atoms with Crippen molar-refractivity contribution in [2.75, 3.05) is 31.7 Å². The van der Waals surface area contributed by atoms with Crippen molar-refractivity contribution >= 4 is 5.82 Å². The summed E-state index contributed by atoms with van der Waals surface area (Å²) >= 11 is 0. The van der Waals surface area contributed by atoms with Crippen molar-refractivity contribution in [3.05, 3.63) is 24.2 Å². The van der Waals surface area contributed by atoms with Gasteiger partial charge in [-0.05, 0) is 26.0 Å². The van der Waals surface area contributed by atoms with Gasteiger partial charge in [-0.1, -0.05) is 5.16 Å². The SMILES string of the molecule is CCOCCN(C)c1cc(-c2nc(C)no2)ccn1. The van der Waals surface area contributed by atoms with Crippen LogP contribution < -0.4 is 4.90 Å². The molecule has 2 aromatic heterocycles. The van der Waals surface area contributed by atoms with Crippen LogP contribution in [0.1, 0.15) is 12.7 Å². The molecule has 0 unspecified atom stereocenters. The van der Waals surface area contributed by atoms with Gasteiger partial charge in [0.1, 0.15) is 5.82 Å². The number of aryl methyl sites for hydroxylation is 1. The van der Waals surface area contributed by atoms with Gasteiger partial charge in [-0.25, -0.2) is 4.98 Å². The van der Waals surface area contributed by atoms with E-state index >= 15 is 0 Å². The van der Waals surface area contributed by atoms with Crippen molar-refractivity contribution in [1.29, 1.82) is 0 Å². The van der Waals surface area contributed by atoms with Crippen LogP contribution in [0.3, 0.4) is 0 Å². The molecule has 6 nitrogen and oxygen atoms in total. The van der Waals surface area contributed by atoms with Gasteiger partial charge < -0.3 is 14.2 Å². The Labute approximate surface area is 112 Å². The van der Waals surface area contributed by atoms with Crippen LogP contribution in [0.4, 0.5) is 5.82 Å². The maximum Gasteiger partial charge on any atom is 0.258 e. The summed E-state index contributed by atoms with van der Waals surface area (Å²) in [5.41, 5.74) is 0.869. The second-order valence-electron chi connectivity index (χ2n) is 4.17. The lowest BCUT2D eigenvalue weighted by Crippen LogP contribution is -2.23. The molecule has 2 heterocycles. The quantitative estimate of drug-likeness (QED) is 0.741. The van der Waals surface area contributed by atoms with E-state index in [-0.39, 0.29) is 0 Å². The number of nitrogens with zero attached hydrogens (tertiary/aromatic N) is 4. The number of rotatable bonds is 6. The lowest BCUT2D eigenvalue weighted by atomic mass is 10.2. The number of pyridine rings is 1. The number of ether oxygens (including phenoxy) is 1. The van der Waals surface area contributed by atoms with Gasteiger partial charge in [0.15, 0.2) is 5.82 Å². The largest absolute Gasteiger partial charge is 0.380 e. The Balaban J connectivity index is 2.10. The molecule has 0 radical (unpaired) electrons. The third-order valence-corrected chi connectivity index (χ3v) is 2.69. The molecule has 0 aliphatic carbocycles. The predicted octanol–water partition coefficient (Wildman–Crippen LogP) is 1.91. The molecule has 0 aromatic carbocycles. The third kappa shape index (κ3) is 3.51. The summed E-state index contributed by atoms with van der Waals surface area (Å²) < 4.78 is 10.5. The molecular weight excluding hydrogens is 244 g/mol. The highest BCUT2D eigenvalue weighted by Gasteiger charge is 2.09. The Morgan fingerprint density at radius 3 is 2.95 bits per heavy atom. The molecule has 0 aliphatic rings. The van der Waals surface area contributed by atoms with E-state index in [0.717, 1.165) is 24.5 Å². The minimum atomic E-state index is 0.513. The smallest absolute Gasteiger partial charge is 0.258 e. The van der Waals surface area contributed by atoms with E-state index in [4.69, 9.17) is 9.26 Å². The molecule has 0 amide bonds. The molecule has 2 rings (SSSR count). The van der Waals surface area contributed by atoms with E-state index in [2.05, 4.69) is 15.1 Å². The third-order valence-electron chi connectivity index (χ3n) is 2.69. The predicted molar refractivity (Wildman–Crippen MR) is 72.0 cm³/mol. The van der Waals surface area contributed by atoms with Gasteiger partial charge in [-0.3, -0.25) is 0 Å². The van der Waals surface area contributed by atoms with Crippen LogP contribution in [0, 0.1) is 6.92 Å². The van der Waals surface area contributed by atoms with E-state index in [9.17, 15) is 0 Å². The van der Waals surface area contributed by atoms with Gasteiger partial charge in [0.05, 0.1) is 6.61 Å². The fourth-order valence-electron chi connectivity index (χ4n) is 1.63. The van der Waals surface area contributed by atoms with Gasteiger partial charge in [-0.2, -0.15) is 4.98 Å². The van der Waals surface area contributed by atoms with Crippen LogP contribution in [0.25, 0.3) is 11.5 Å². The Kier molecular flexibility index (Phi) is 4.46. The first-order valence-corrected chi connectivity index (χ1v) is 6.26. The van der Waals surface area contributed by atoms with Crippen LogP contribution in [-0.2, 0) is 4.74 Å². The van der Waals surface area contributed by atoms with Gasteiger partial charge in [0.2, 0.25) is 0 Å². The fourth-order valence-corrected chi connectivity index (χ4v) is 1.63. The maximum absolute atomic E-state index is 5.33. The number of aromatic nitrogens is 3. The number of hydrogen-bond donors (Lipinski definition) is 0. The Morgan fingerprint density at radius 1 is 1.42 bits per heavy atom. The number of hydrogen-bond acceptors (Lipinski definition) is 6. The fraction of sp³-hybridized carbons (Fsp3) is 0.462. The van der Waals surface area contributed by atoms with Gasteiger partial charge >= 0.3 is 0 Å². The molecule has 0 spiro atoms. The van der Waals surface area contributed by atoms with Crippen molar-refractivity contribution in [2.45, 2.75) is 13.8 Å². The van der Waals surface area contributed by atoms with Crippen molar-refractivity contribution in [3.63, 3.8) is 0 Å². The summed E-state index contributed by atoms with van der Waals surface area (Å²) in [5.74, 6) is 1.99. The van der Waals surface area contributed by atoms with Gasteiger partial charge in [-0.15, -0.1) is 0 Å². The zero-order valence-electron chi connectivity index (χ0n) is 11.5. The lowest BCUT2D eigenvalue weighted by molar-refractivity contribution is 0.154. The summed E-state index contributed by atoms with van der Waals surface area (Å²) in [6.07, 6.45) is 1.74. The molecule has 6 heteroatoms. The van der Waals surface area contributed by atoms with Crippen LogP contribution >= 0.6 is 0 Å². The van der Waals surface area contributed by atoms with Gasteiger partial charge in [0.25, 0.3) is 5.89 Å². The van der Waals surface area contributed by atoms with Gasteiger partial charge in [0, 0.05) is 32.0 Å². The minimum absolute atomic E-state index is 0.513. The second kappa shape index (κ2) is 6.29. The van der Waals surface area contributed by atoms with E-state index in [0.29, 0.717) is 18.3 Å². The van der Waals surface area contributed by atoms with Crippen LogP contribution in [-0.4, -0.2) is 41.9 Å². The molecular formula is C13H18N4O2. The van der Waals surface area contributed by atoms with Crippen molar-refractivity contribution < 1.29 is 9.26 Å². The molecule has 0 aliphatic heterocycles. The minimum Gasteiger partial charge on any atom is -0.380 e. The van der Waals surface area contributed by atoms with Crippen LogP contribution in [0.2, 0.25) is 0 Å². The highest BCUT2D eigenvalue weighted by Crippen LogP contribution is 2.20. The highest BCUT2D eigenvalue weighted by atomic mass is 16.5. The first-order chi connectivity index (χ1) is 9.20. The van der Waals surface area contributed by atoms with Crippen LogP contribution in [0.5, 0.6) is 0 Å². The normalized spacial score (nSPS) is 10.7. The number of anilines is 1. The van der Waals surface area contributed by atoms with Crippen molar-refractivity contribution in [3.8, 4) is 11.5 Å². The van der Waals surface area contributed by atoms with Crippen LogP contribution in [0.15, 0.2) is 22.9 Å². The topological polar surface area (TPSA) is 64.3 Å². The van der Waals surface area contributed by atoms with E-state index < -0.39 is 0 Å².